The molecule has 0 saturated carbocycles. The normalized spacial score (nSPS) is 16.1. The number of nitrogens with one attached hydrogen (secondary N) is 1. The molecule has 1 aliphatic rings. The molecule has 1 aliphatic carbocycles. The fraction of sp³-hybridized carbons (Fsp3) is 0.364. The number of anilines is 1. The Morgan fingerprint density at radius 3 is 2.79 bits per heavy atom. The summed E-state index contributed by atoms with van der Waals surface area (Å²) in [5, 5.41) is 3.44. The van der Waals surface area contributed by atoms with E-state index in [4.69, 9.17) is 0 Å². The van der Waals surface area contributed by atoms with E-state index in [-0.39, 0.29) is 0 Å². The Kier molecular flexibility index (Phi) is 2.87. The van der Waals surface area contributed by atoms with E-state index in [9.17, 15) is 0 Å². The molecule has 0 spiro atoms. The Morgan fingerprint density at radius 1 is 1.43 bits per heavy atom. The number of aromatic nitrogens is 1. The molecule has 0 unspecified atom stereocenters. The van der Waals surface area contributed by atoms with Crippen molar-refractivity contribution in [1.29, 1.82) is 0 Å². The molecule has 2 nitrogen and oxygen atoms in total. The van der Waals surface area contributed by atoms with Gasteiger partial charge in [-0.1, -0.05) is 12.2 Å². The quantitative estimate of drug-likeness (QED) is 0.818. The van der Waals surface area contributed by atoms with Gasteiger partial charge in [0, 0.05) is 16.7 Å². The van der Waals surface area contributed by atoms with Gasteiger partial charge < -0.3 is 5.32 Å². The second-order valence-corrected chi connectivity index (χ2v) is 4.52. The molecule has 3 heteroatoms. The average Bonchev–Trinajstić information content (AvgIpc) is 2.62. The number of aryl methyl sites for hydroxylation is 1. The van der Waals surface area contributed by atoms with E-state index in [0.29, 0.717) is 6.04 Å². The van der Waals surface area contributed by atoms with Crippen LogP contribution in [0.25, 0.3) is 0 Å². The maximum atomic E-state index is 4.36. The number of rotatable bonds is 2. The van der Waals surface area contributed by atoms with Crippen LogP contribution >= 0.6 is 15.9 Å². The fourth-order valence-electron chi connectivity index (χ4n) is 1.62. The van der Waals surface area contributed by atoms with Gasteiger partial charge in [0.1, 0.15) is 5.82 Å². The number of halogens is 1. The smallest absolute Gasteiger partial charge is 0.129 e. The van der Waals surface area contributed by atoms with E-state index in [1.807, 2.05) is 6.20 Å². The molecular formula is C11H13BrN2. The Balaban J connectivity index is 2.08. The summed E-state index contributed by atoms with van der Waals surface area (Å²) in [7, 11) is 0. The predicted octanol–water partition coefficient (Wildman–Crippen LogP) is 3.28. The Hall–Kier alpha value is -0.830. The molecule has 1 aromatic rings. The molecule has 14 heavy (non-hydrogen) atoms. The molecule has 1 N–H and O–H groups in total. The van der Waals surface area contributed by atoms with Crippen molar-refractivity contribution in [2.75, 3.05) is 5.32 Å². The molecule has 0 radical (unpaired) electrons. The van der Waals surface area contributed by atoms with Crippen LogP contribution in [0.5, 0.6) is 0 Å². The standard InChI is InChI=1S/C11H13BrN2/c1-8-6-9(12)7-13-11(8)14-10-4-2-3-5-10/h2-3,6-7,10H,4-5H2,1H3,(H,13,14). The molecule has 0 bridgehead atoms. The summed E-state index contributed by atoms with van der Waals surface area (Å²) in [4.78, 5) is 4.36. The van der Waals surface area contributed by atoms with Crippen molar-refractivity contribution < 1.29 is 0 Å². The van der Waals surface area contributed by atoms with Crippen LogP contribution in [-0.4, -0.2) is 11.0 Å². The van der Waals surface area contributed by atoms with Gasteiger partial charge in [0.2, 0.25) is 0 Å². The highest BCUT2D eigenvalue weighted by Crippen LogP contribution is 2.20. The molecule has 1 aromatic heterocycles. The Bertz CT molecular complexity index is 352. The second-order valence-electron chi connectivity index (χ2n) is 3.60. The summed E-state index contributed by atoms with van der Waals surface area (Å²) in [5.74, 6) is 1.00. The van der Waals surface area contributed by atoms with Gasteiger partial charge in [0.25, 0.3) is 0 Å². The molecule has 0 aromatic carbocycles. The molecule has 0 amide bonds. The molecular weight excluding hydrogens is 240 g/mol. The van der Waals surface area contributed by atoms with Gasteiger partial charge >= 0.3 is 0 Å². The summed E-state index contributed by atoms with van der Waals surface area (Å²) in [5.41, 5.74) is 1.19. The Morgan fingerprint density at radius 2 is 2.14 bits per heavy atom. The number of hydrogen-bond acceptors (Lipinski definition) is 2. The first-order chi connectivity index (χ1) is 6.75. The van der Waals surface area contributed by atoms with Crippen LogP contribution in [0.1, 0.15) is 18.4 Å². The number of nitrogens with zero attached hydrogens (tertiary/aromatic N) is 1. The highest BCUT2D eigenvalue weighted by molar-refractivity contribution is 9.10. The van der Waals surface area contributed by atoms with Crippen molar-refractivity contribution in [1.82, 2.24) is 4.98 Å². The van der Waals surface area contributed by atoms with Crippen molar-refractivity contribution in [2.24, 2.45) is 0 Å². The second kappa shape index (κ2) is 4.13. The molecule has 1 heterocycles. The lowest BCUT2D eigenvalue weighted by atomic mass is 10.2. The van der Waals surface area contributed by atoms with Crippen LogP contribution in [0, 0.1) is 6.92 Å². The zero-order chi connectivity index (χ0) is 9.97. The third-order valence-corrected chi connectivity index (χ3v) is 2.83. The van der Waals surface area contributed by atoms with Crippen LogP contribution < -0.4 is 5.32 Å². The zero-order valence-electron chi connectivity index (χ0n) is 8.13. The van der Waals surface area contributed by atoms with E-state index in [0.717, 1.165) is 23.1 Å². The summed E-state index contributed by atoms with van der Waals surface area (Å²) < 4.78 is 1.03. The fourth-order valence-corrected chi connectivity index (χ4v) is 2.07. The van der Waals surface area contributed by atoms with E-state index in [1.54, 1.807) is 0 Å². The minimum absolute atomic E-state index is 0.530. The van der Waals surface area contributed by atoms with Gasteiger partial charge in [-0.2, -0.15) is 0 Å². The van der Waals surface area contributed by atoms with Gasteiger partial charge in [-0.25, -0.2) is 4.98 Å². The first-order valence-electron chi connectivity index (χ1n) is 4.79. The van der Waals surface area contributed by atoms with Crippen molar-refractivity contribution in [3.05, 3.63) is 34.5 Å². The lowest BCUT2D eigenvalue weighted by Gasteiger charge is -2.14. The Labute approximate surface area is 92.6 Å². The zero-order valence-corrected chi connectivity index (χ0v) is 9.71. The first kappa shape index (κ1) is 9.71. The molecule has 0 saturated heterocycles. The average molecular weight is 253 g/mol. The molecule has 2 rings (SSSR count). The van der Waals surface area contributed by atoms with Crippen LogP contribution in [0.3, 0.4) is 0 Å². The van der Waals surface area contributed by atoms with E-state index in [1.165, 1.54) is 5.56 Å². The van der Waals surface area contributed by atoms with Gasteiger partial charge in [-0.3, -0.25) is 0 Å². The van der Waals surface area contributed by atoms with E-state index in [2.05, 4.69) is 51.4 Å². The van der Waals surface area contributed by atoms with Crippen molar-refractivity contribution >= 4 is 21.7 Å². The molecule has 74 valence electrons. The van der Waals surface area contributed by atoms with Crippen molar-refractivity contribution in [3.8, 4) is 0 Å². The maximum Gasteiger partial charge on any atom is 0.129 e. The minimum Gasteiger partial charge on any atom is -0.367 e. The van der Waals surface area contributed by atoms with Crippen LogP contribution in [0.2, 0.25) is 0 Å². The molecule has 0 aliphatic heterocycles. The van der Waals surface area contributed by atoms with Gasteiger partial charge in [0.05, 0.1) is 0 Å². The molecule has 0 fully saturated rings. The summed E-state index contributed by atoms with van der Waals surface area (Å²) in [6.45, 7) is 2.07. The SMILES string of the molecule is Cc1cc(Br)cnc1NC1CC=CC1. The van der Waals surface area contributed by atoms with Crippen LogP contribution in [-0.2, 0) is 0 Å². The highest BCUT2D eigenvalue weighted by atomic mass is 79.9. The van der Waals surface area contributed by atoms with Crippen LogP contribution in [0.4, 0.5) is 5.82 Å². The lowest BCUT2D eigenvalue weighted by molar-refractivity contribution is 0.779. The predicted molar refractivity (Wildman–Crippen MR) is 62.5 cm³/mol. The monoisotopic (exact) mass is 252 g/mol. The van der Waals surface area contributed by atoms with E-state index >= 15 is 0 Å². The minimum atomic E-state index is 0.530. The van der Waals surface area contributed by atoms with Crippen LogP contribution in [0.15, 0.2) is 28.9 Å². The summed E-state index contributed by atoms with van der Waals surface area (Å²) >= 11 is 3.41. The lowest BCUT2D eigenvalue weighted by Crippen LogP contribution is -2.16. The third-order valence-electron chi connectivity index (χ3n) is 2.39. The number of hydrogen-bond donors (Lipinski definition) is 1. The van der Waals surface area contributed by atoms with Gasteiger partial charge in [-0.05, 0) is 47.3 Å². The topological polar surface area (TPSA) is 24.9 Å². The highest BCUT2D eigenvalue weighted by Gasteiger charge is 2.11. The van der Waals surface area contributed by atoms with Gasteiger partial charge in [-0.15, -0.1) is 0 Å². The maximum absolute atomic E-state index is 4.36. The molecule has 0 atom stereocenters. The van der Waals surface area contributed by atoms with Gasteiger partial charge in [0.15, 0.2) is 0 Å². The van der Waals surface area contributed by atoms with E-state index < -0.39 is 0 Å². The number of pyridine rings is 1. The summed E-state index contributed by atoms with van der Waals surface area (Å²) in [6, 6.07) is 2.61. The largest absolute Gasteiger partial charge is 0.367 e. The first-order valence-corrected chi connectivity index (χ1v) is 5.58. The summed E-state index contributed by atoms with van der Waals surface area (Å²) in [6.07, 6.45) is 8.48. The third kappa shape index (κ3) is 2.15. The van der Waals surface area contributed by atoms with Crippen molar-refractivity contribution in [2.45, 2.75) is 25.8 Å². The van der Waals surface area contributed by atoms with Crippen molar-refractivity contribution in [3.63, 3.8) is 0 Å².